The molecule has 0 spiro atoms. The molecule has 1 unspecified atom stereocenters. The molecule has 1 aliphatic carbocycles. The third kappa shape index (κ3) is 3.75. The number of hydrogen-bond acceptors (Lipinski definition) is 3. The van der Waals surface area contributed by atoms with Gasteiger partial charge in [-0.3, -0.25) is 9.59 Å². The summed E-state index contributed by atoms with van der Waals surface area (Å²) in [5, 5.41) is 9.61. The Labute approximate surface area is 165 Å². The lowest BCUT2D eigenvalue weighted by atomic mass is 9.80. The third-order valence-corrected chi connectivity index (χ3v) is 5.88. The molecule has 5 heteroatoms. The van der Waals surface area contributed by atoms with E-state index in [4.69, 9.17) is 0 Å². The van der Waals surface area contributed by atoms with Crippen molar-refractivity contribution in [3.05, 3.63) is 59.7 Å². The summed E-state index contributed by atoms with van der Waals surface area (Å²) in [5.41, 5.74) is 3.28. The van der Waals surface area contributed by atoms with Crippen LogP contribution in [-0.4, -0.2) is 17.4 Å². The standard InChI is InChI=1S/C23H27N3O2/c1-16-9-11-17(12-10-16)26-23(13-5-2-6-14-23)22(28)25-20-15-21(27)24-19-8-4-3-7-18(19)20/h3-4,7-12,20,26H,2,5-6,13-15H2,1H3,(H,24,27)(H,25,28). The van der Waals surface area contributed by atoms with Crippen LogP contribution < -0.4 is 16.0 Å². The molecule has 0 bridgehead atoms. The topological polar surface area (TPSA) is 70.2 Å². The largest absolute Gasteiger partial charge is 0.371 e. The van der Waals surface area contributed by atoms with Gasteiger partial charge in [-0.25, -0.2) is 0 Å². The van der Waals surface area contributed by atoms with Gasteiger partial charge in [0.15, 0.2) is 0 Å². The summed E-state index contributed by atoms with van der Waals surface area (Å²) in [5.74, 6) is -0.0736. The highest BCUT2D eigenvalue weighted by Gasteiger charge is 2.41. The molecule has 2 aromatic carbocycles. The van der Waals surface area contributed by atoms with Gasteiger partial charge in [-0.2, -0.15) is 0 Å². The number of aryl methyl sites for hydroxylation is 1. The first-order valence-corrected chi connectivity index (χ1v) is 10.1. The predicted octanol–water partition coefficient (Wildman–Crippen LogP) is 4.31. The molecule has 1 heterocycles. The van der Waals surface area contributed by atoms with Crippen LogP contribution in [0.2, 0.25) is 0 Å². The summed E-state index contributed by atoms with van der Waals surface area (Å²) in [4.78, 5) is 25.6. The van der Waals surface area contributed by atoms with Crippen molar-refractivity contribution < 1.29 is 9.59 Å². The number of nitrogens with one attached hydrogen (secondary N) is 3. The van der Waals surface area contributed by atoms with Crippen molar-refractivity contribution in [3.63, 3.8) is 0 Å². The number of benzene rings is 2. The molecular formula is C23H27N3O2. The average Bonchev–Trinajstić information content (AvgIpc) is 2.70. The fourth-order valence-electron chi connectivity index (χ4n) is 4.31. The van der Waals surface area contributed by atoms with Crippen molar-refractivity contribution in [3.8, 4) is 0 Å². The van der Waals surface area contributed by atoms with Gasteiger partial charge in [-0.15, -0.1) is 0 Å². The zero-order valence-corrected chi connectivity index (χ0v) is 16.3. The van der Waals surface area contributed by atoms with Crippen LogP contribution in [0, 0.1) is 6.92 Å². The van der Waals surface area contributed by atoms with Crippen LogP contribution in [0.5, 0.6) is 0 Å². The minimum Gasteiger partial charge on any atom is -0.371 e. The fourth-order valence-corrected chi connectivity index (χ4v) is 4.31. The van der Waals surface area contributed by atoms with Gasteiger partial charge >= 0.3 is 0 Å². The van der Waals surface area contributed by atoms with Crippen molar-refractivity contribution in [1.82, 2.24) is 5.32 Å². The maximum atomic E-state index is 13.5. The SMILES string of the molecule is Cc1ccc(NC2(C(=O)NC3CC(=O)Nc4ccccc43)CCCCC2)cc1. The molecule has 1 fully saturated rings. The first-order valence-electron chi connectivity index (χ1n) is 10.1. The second kappa shape index (κ2) is 7.66. The summed E-state index contributed by atoms with van der Waals surface area (Å²) in [6.45, 7) is 2.05. The molecule has 2 amide bonds. The van der Waals surface area contributed by atoms with Crippen LogP contribution in [0.4, 0.5) is 11.4 Å². The molecular weight excluding hydrogens is 350 g/mol. The van der Waals surface area contributed by atoms with Gasteiger partial charge in [0.05, 0.1) is 12.5 Å². The first-order chi connectivity index (χ1) is 13.6. The highest BCUT2D eigenvalue weighted by atomic mass is 16.2. The van der Waals surface area contributed by atoms with Crippen LogP contribution >= 0.6 is 0 Å². The molecule has 2 aromatic rings. The second-order valence-electron chi connectivity index (χ2n) is 8.00. The van der Waals surface area contributed by atoms with Gasteiger partial charge < -0.3 is 16.0 Å². The molecule has 5 nitrogen and oxygen atoms in total. The van der Waals surface area contributed by atoms with Gasteiger partial charge in [0.2, 0.25) is 11.8 Å². The highest BCUT2D eigenvalue weighted by Crippen LogP contribution is 2.35. The van der Waals surface area contributed by atoms with Crippen molar-refractivity contribution in [2.45, 2.75) is 57.0 Å². The van der Waals surface area contributed by atoms with E-state index in [0.717, 1.165) is 49.0 Å². The summed E-state index contributed by atoms with van der Waals surface area (Å²) in [6.07, 6.45) is 5.06. The lowest BCUT2D eigenvalue weighted by Crippen LogP contribution is -2.55. The predicted molar refractivity (Wildman–Crippen MR) is 111 cm³/mol. The zero-order valence-electron chi connectivity index (χ0n) is 16.3. The smallest absolute Gasteiger partial charge is 0.246 e. The Hall–Kier alpha value is -2.82. The number of hydrogen-bond donors (Lipinski definition) is 3. The van der Waals surface area contributed by atoms with Crippen LogP contribution in [0.1, 0.15) is 55.7 Å². The van der Waals surface area contributed by atoms with Gasteiger partial charge in [-0.1, -0.05) is 55.2 Å². The number of carbonyl (C=O) groups is 2. The number of rotatable bonds is 4. The normalized spacial score (nSPS) is 20.6. The molecule has 4 rings (SSSR count). The van der Waals surface area contributed by atoms with Gasteiger partial charge in [0, 0.05) is 11.4 Å². The molecule has 1 atom stereocenters. The highest BCUT2D eigenvalue weighted by molar-refractivity contribution is 5.96. The first kappa shape index (κ1) is 18.5. The third-order valence-electron chi connectivity index (χ3n) is 5.88. The minimum atomic E-state index is -0.629. The molecule has 2 aliphatic rings. The van der Waals surface area contributed by atoms with Crippen LogP contribution in [0.25, 0.3) is 0 Å². The molecule has 0 radical (unpaired) electrons. The molecule has 1 aliphatic heterocycles. The van der Waals surface area contributed by atoms with E-state index in [1.165, 1.54) is 5.56 Å². The molecule has 28 heavy (non-hydrogen) atoms. The van der Waals surface area contributed by atoms with Crippen LogP contribution in [-0.2, 0) is 9.59 Å². The average molecular weight is 377 g/mol. The fraction of sp³-hybridized carbons (Fsp3) is 0.391. The van der Waals surface area contributed by atoms with Crippen LogP contribution in [0.15, 0.2) is 48.5 Å². The van der Waals surface area contributed by atoms with E-state index in [-0.39, 0.29) is 24.3 Å². The molecule has 3 N–H and O–H groups in total. The Balaban J connectivity index is 1.58. The molecule has 0 saturated heterocycles. The van der Waals surface area contributed by atoms with Gasteiger partial charge in [0.1, 0.15) is 5.54 Å². The Morgan fingerprint density at radius 2 is 1.75 bits per heavy atom. The Bertz CT molecular complexity index is 870. The monoisotopic (exact) mass is 377 g/mol. The summed E-state index contributed by atoms with van der Waals surface area (Å²) in [7, 11) is 0. The van der Waals surface area contributed by atoms with E-state index in [0.29, 0.717) is 0 Å². The van der Waals surface area contributed by atoms with Gasteiger partial charge in [-0.05, 0) is 43.5 Å². The quantitative estimate of drug-likeness (QED) is 0.744. The van der Waals surface area contributed by atoms with E-state index in [2.05, 4.69) is 35.0 Å². The van der Waals surface area contributed by atoms with Crippen molar-refractivity contribution >= 4 is 23.2 Å². The van der Waals surface area contributed by atoms with Crippen molar-refractivity contribution in [2.75, 3.05) is 10.6 Å². The van der Waals surface area contributed by atoms with E-state index < -0.39 is 5.54 Å². The van der Waals surface area contributed by atoms with E-state index in [1.807, 2.05) is 36.4 Å². The molecule has 1 saturated carbocycles. The molecule has 146 valence electrons. The molecule has 0 aromatic heterocycles. The van der Waals surface area contributed by atoms with Crippen LogP contribution in [0.3, 0.4) is 0 Å². The lowest BCUT2D eigenvalue weighted by molar-refractivity contribution is -0.127. The summed E-state index contributed by atoms with van der Waals surface area (Å²) in [6, 6.07) is 15.6. The lowest BCUT2D eigenvalue weighted by Gasteiger charge is -2.39. The maximum Gasteiger partial charge on any atom is 0.246 e. The number of para-hydroxylation sites is 1. The summed E-state index contributed by atoms with van der Waals surface area (Å²) < 4.78 is 0. The van der Waals surface area contributed by atoms with E-state index in [1.54, 1.807) is 0 Å². The maximum absolute atomic E-state index is 13.5. The number of amides is 2. The van der Waals surface area contributed by atoms with Gasteiger partial charge in [0.25, 0.3) is 0 Å². The second-order valence-corrected chi connectivity index (χ2v) is 8.00. The number of anilines is 2. The van der Waals surface area contributed by atoms with E-state index in [9.17, 15) is 9.59 Å². The van der Waals surface area contributed by atoms with E-state index >= 15 is 0 Å². The summed E-state index contributed by atoms with van der Waals surface area (Å²) >= 11 is 0. The zero-order chi connectivity index (χ0) is 19.6. The number of carbonyl (C=O) groups excluding carboxylic acids is 2. The van der Waals surface area contributed by atoms with Crippen molar-refractivity contribution in [2.24, 2.45) is 0 Å². The minimum absolute atomic E-state index is 0.0118. The van der Waals surface area contributed by atoms with Crippen molar-refractivity contribution in [1.29, 1.82) is 0 Å². The Morgan fingerprint density at radius 1 is 1.04 bits per heavy atom. The Kier molecular flexibility index (Phi) is 5.07. The number of fused-ring (bicyclic) bond motifs is 1. The Morgan fingerprint density at radius 3 is 2.50 bits per heavy atom.